The van der Waals surface area contributed by atoms with Crippen LogP contribution in [0.4, 0.5) is 0 Å². The van der Waals surface area contributed by atoms with Crippen LogP contribution in [0.3, 0.4) is 0 Å². The molecule has 1 aromatic rings. The summed E-state index contributed by atoms with van der Waals surface area (Å²) in [5, 5.41) is 9.06. The first-order valence-corrected chi connectivity index (χ1v) is 7.09. The molecule has 0 spiro atoms. The Labute approximate surface area is 124 Å². The monoisotopic (exact) mass is 291 g/mol. The maximum Gasteiger partial charge on any atom is 0.307 e. The number of ether oxygens (including phenoxy) is 1. The zero-order chi connectivity index (χ0) is 15.6. The molecule has 114 valence electrons. The van der Waals surface area contributed by atoms with Crippen molar-refractivity contribution in [3.8, 4) is 5.75 Å². The van der Waals surface area contributed by atoms with E-state index in [4.69, 9.17) is 9.84 Å². The highest BCUT2D eigenvalue weighted by molar-refractivity contribution is 5.86. The number of benzene rings is 1. The minimum atomic E-state index is -0.870. The lowest BCUT2D eigenvalue weighted by Crippen LogP contribution is -2.45. The van der Waals surface area contributed by atoms with Gasteiger partial charge in [-0.25, -0.2) is 0 Å². The van der Waals surface area contributed by atoms with Gasteiger partial charge in [0.05, 0.1) is 25.0 Å². The van der Waals surface area contributed by atoms with Crippen LogP contribution in [0.2, 0.25) is 0 Å². The SMILES string of the molecule is COc1ccc(C(C)N(C)C(=O)C2CCC2C(=O)O)cc1. The van der Waals surface area contributed by atoms with E-state index >= 15 is 0 Å². The normalized spacial score (nSPS) is 22.0. The molecule has 5 heteroatoms. The van der Waals surface area contributed by atoms with Gasteiger partial charge in [-0.05, 0) is 37.5 Å². The van der Waals surface area contributed by atoms with Gasteiger partial charge in [0.2, 0.25) is 5.91 Å². The van der Waals surface area contributed by atoms with Crippen LogP contribution in [0.15, 0.2) is 24.3 Å². The van der Waals surface area contributed by atoms with Crippen molar-refractivity contribution >= 4 is 11.9 Å². The van der Waals surface area contributed by atoms with Crippen LogP contribution < -0.4 is 4.74 Å². The lowest BCUT2D eigenvalue weighted by atomic mass is 9.72. The predicted octanol–water partition coefficient (Wildman–Crippen LogP) is 2.33. The molecule has 2 rings (SSSR count). The topological polar surface area (TPSA) is 66.8 Å². The third-order valence-corrected chi connectivity index (χ3v) is 4.44. The van der Waals surface area contributed by atoms with E-state index in [0.29, 0.717) is 12.8 Å². The Bertz CT molecular complexity index is 526. The number of methoxy groups -OCH3 is 1. The Morgan fingerprint density at radius 1 is 1.24 bits per heavy atom. The summed E-state index contributed by atoms with van der Waals surface area (Å²) in [6, 6.07) is 7.45. The van der Waals surface area contributed by atoms with Crippen molar-refractivity contribution in [1.29, 1.82) is 0 Å². The van der Waals surface area contributed by atoms with E-state index in [-0.39, 0.29) is 17.9 Å². The number of aliphatic carboxylic acids is 1. The van der Waals surface area contributed by atoms with E-state index in [0.717, 1.165) is 11.3 Å². The number of hydrogen-bond donors (Lipinski definition) is 1. The van der Waals surface area contributed by atoms with Crippen LogP contribution in [-0.2, 0) is 9.59 Å². The van der Waals surface area contributed by atoms with Gasteiger partial charge in [-0.15, -0.1) is 0 Å². The van der Waals surface area contributed by atoms with Gasteiger partial charge in [-0.2, -0.15) is 0 Å². The number of hydrogen-bond acceptors (Lipinski definition) is 3. The van der Waals surface area contributed by atoms with Gasteiger partial charge in [0.25, 0.3) is 0 Å². The molecule has 0 bridgehead atoms. The van der Waals surface area contributed by atoms with Gasteiger partial charge >= 0.3 is 5.97 Å². The fourth-order valence-corrected chi connectivity index (χ4v) is 2.65. The van der Waals surface area contributed by atoms with Crippen molar-refractivity contribution < 1.29 is 19.4 Å². The van der Waals surface area contributed by atoms with Crippen molar-refractivity contribution in [2.75, 3.05) is 14.2 Å². The molecule has 0 radical (unpaired) electrons. The molecule has 0 saturated heterocycles. The number of carbonyl (C=O) groups is 2. The molecule has 0 aliphatic heterocycles. The number of amides is 1. The van der Waals surface area contributed by atoms with Gasteiger partial charge in [-0.3, -0.25) is 9.59 Å². The largest absolute Gasteiger partial charge is 0.497 e. The van der Waals surface area contributed by atoms with Crippen molar-refractivity contribution in [2.45, 2.75) is 25.8 Å². The fourth-order valence-electron chi connectivity index (χ4n) is 2.65. The van der Waals surface area contributed by atoms with Gasteiger partial charge in [0.1, 0.15) is 5.75 Å². The Kier molecular flexibility index (Phi) is 4.50. The van der Waals surface area contributed by atoms with Crippen molar-refractivity contribution in [1.82, 2.24) is 4.90 Å². The molecule has 1 aromatic carbocycles. The van der Waals surface area contributed by atoms with Crippen LogP contribution in [0.25, 0.3) is 0 Å². The third kappa shape index (κ3) is 3.01. The molecular formula is C16H21NO4. The molecule has 1 saturated carbocycles. The average Bonchev–Trinajstić information content (AvgIpc) is 2.44. The molecule has 1 amide bonds. The van der Waals surface area contributed by atoms with Gasteiger partial charge in [-0.1, -0.05) is 12.1 Å². The van der Waals surface area contributed by atoms with Crippen LogP contribution >= 0.6 is 0 Å². The van der Waals surface area contributed by atoms with E-state index in [2.05, 4.69) is 0 Å². The molecular weight excluding hydrogens is 270 g/mol. The molecule has 21 heavy (non-hydrogen) atoms. The summed E-state index contributed by atoms with van der Waals surface area (Å²) in [4.78, 5) is 25.1. The van der Waals surface area contributed by atoms with Crippen LogP contribution in [0, 0.1) is 11.8 Å². The summed E-state index contributed by atoms with van der Waals surface area (Å²) in [6.07, 6.45) is 1.26. The highest BCUT2D eigenvalue weighted by Crippen LogP contribution is 2.37. The number of carboxylic acid groups (broad SMARTS) is 1. The lowest BCUT2D eigenvalue weighted by Gasteiger charge is -2.37. The Hall–Kier alpha value is -2.04. The van der Waals surface area contributed by atoms with E-state index < -0.39 is 11.9 Å². The molecule has 1 aliphatic rings. The first kappa shape index (κ1) is 15.4. The summed E-state index contributed by atoms with van der Waals surface area (Å²) in [5.74, 6) is -1.09. The summed E-state index contributed by atoms with van der Waals surface area (Å²) in [6.45, 7) is 1.94. The molecule has 5 nitrogen and oxygen atoms in total. The van der Waals surface area contributed by atoms with Crippen molar-refractivity contribution in [3.05, 3.63) is 29.8 Å². The lowest BCUT2D eigenvalue weighted by molar-refractivity contribution is -0.156. The first-order valence-electron chi connectivity index (χ1n) is 7.09. The second-order valence-electron chi connectivity index (χ2n) is 5.53. The minimum Gasteiger partial charge on any atom is -0.497 e. The maximum absolute atomic E-state index is 12.4. The summed E-state index contributed by atoms with van der Waals surface area (Å²) in [7, 11) is 3.34. The Morgan fingerprint density at radius 3 is 2.24 bits per heavy atom. The molecule has 0 heterocycles. The van der Waals surface area contributed by atoms with Crippen LogP contribution in [-0.4, -0.2) is 36.0 Å². The number of carboxylic acids is 1. The highest BCUT2D eigenvalue weighted by atomic mass is 16.5. The average molecular weight is 291 g/mol. The number of carbonyl (C=O) groups excluding carboxylic acids is 1. The second kappa shape index (κ2) is 6.16. The zero-order valence-corrected chi connectivity index (χ0v) is 12.6. The minimum absolute atomic E-state index is 0.0861. The summed E-state index contributed by atoms with van der Waals surface area (Å²) >= 11 is 0. The van der Waals surface area contributed by atoms with Gasteiger partial charge in [0, 0.05) is 7.05 Å². The maximum atomic E-state index is 12.4. The number of nitrogens with zero attached hydrogens (tertiary/aromatic N) is 1. The van der Waals surface area contributed by atoms with E-state index in [9.17, 15) is 9.59 Å². The van der Waals surface area contributed by atoms with Crippen LogP contribution in [0.5, 0.6) is 5.75 Å². The molecule has 1 N–H and O–H groups in total. The molecule has 1 aliphatic carbocycles. The van der Waals surface area contributed by atoms with Crippen molar-refractivity contribution in [3.63, 3.8) is 0 Å². The van der Waals surface area contributed by atoms with Gasteiger partial charge < -0.3 is 14.7 Å². The summed E-state index contributed by atoms with van der Waals surface area (Å²) in [5.41, 5.74) is 0.998. The van der Waals surface area contributed by atoms with E-state index in [1.54, 1.807) is 19.1 Å². The van der Waals surface area contributed by atoms with Gasteiger partial charge in [0.15, 0.2) is 0 Å². The van der Waals surface area contributed by atoms with E-state index in [1.165, 1.54) is 0 Å². The first-order chi connectivity index (χ1) is 9.95. The predicted molar refractivity (Wildman–Crippen MR) is 78.0 cm³/mol. The number of rotatable bonds is 5. The third-order valence-electron chi connectivity index (χ3n) is 4.44. The quantitative estimate of drug-likeness (QED) is 0.904. The van der Waals surface area contributed by atoms with Crippen molar-refractivity contribution in [2.24, 2.45) is 11.8 Å². The highest BCUT2D eigenvalue weighted by Gasteiger charge is 2.43. The molecule has 3 atom stereocenters. The fraction of sp³-hybridized carbons (Fsp3) is 0.500. The Morgan fingerprint density at radius 2 is 1.81 bits per heavy atom. The van der Waals surface area contributed by atoms with Crippen LogP contribution in [0.1, 0.15) is 31.4 Å². The molecule has 0 aromatic heterocycles. The van der Waals surface area contributed by atoms with E-state index in [1.807, 2.05) is 31.2 Å². The molecule has 3 unspecified atom stereocenters. The summed E-state index contributed by atoms with van der Waals surface area (Å²) < 4.78 is 5.12. The second-order valence-corrected chi connectivity index (χ2v) is 5.53. The standard InChI is InChI=1S/C16H21NO4/c1-10(11-4-6-12(21-3)7-5-11)17(2)15(18)13-8-9-14(13)16(19)20/h4-7,10,13-14H,8-9H2,1-3H3,(H,19,20). The zero-order valence-electron chi connectivity index (χ0n) is 12.6. The molecule has 1 fully saturated rings. The smallest absolute Gasteiger partial charge is 0.307 e. The Balaban J connectivity index is 2.05.